The highest BCUT2D eigenvalue weighted by molar-refractivity contribution is 6.13. The molecule has 1 aromatic heterocycles. The number of rotatable bonds is 2. The summed E-state index contributed by atoms with van der Waals surface area (Å²) in [7, 11) is 0. The number of fused-ring (bicyclic) bond motifs is 1. The molecule has 0 fully saturated rings. The van der Waals surface area contributed by atoms with E-state index in [4.69, 9.17) is 0 Å². The average Bonchev–Trinajstić information content (AvgIpc) is 2.84. The molecule has 5 heteroatoms. The molecule has 1 aliphatic rings. The second kappa shape index (κ2) is 5.09. The Morgan fingerprint density at radius 2 is 1.91 bits per heavy atom. The molecule has 1 aromatic carbocycles. The summed E-state index contributed by atoms with van der Waals surface area (Å²) in [6.07, 6.45) is 2.73. The zero-order valence-electron chi connectivity index (χ0n) is 12.5. The third-order valence-electron chi connectivity index (χ3n) is 3.88. The van der Waals surface area contributed by atoms with Gasteiger partial charge in [-0.2, -0.15) is 0 Å². The monoisotopic (exact) mass is 300 g/mol. The maximum atomic E-state index is 12.9. The van der Waals surface area contributed by atoms with Gasteiger partial charge in [-0.1, -0.05) is 13.8 Å². The van der Waals surface area contributed by atoms with E-state index in [0.29, 0.717) is 23.2 Å². The number of anilines is 1. The van der Waals surface area contributed by atoms with Crippen LogP contribution in [0.15, 0.2) is 30.5 Å². The van der Waals surface area contributed by atoms with Crippen molar-refractivity contribution >= 4 is 17.4 Å². The molecule has 2 N–H and O–H groups in total. The van der Waals surface area contributed by atoms with Crippen LogP contribution in [0, 0.1) is 11.2 Å². The third kappa shape index (κ3) is 2.66. The number of aromatic amines is 1. The molecule has 1 aliphatic carbocycles. The largest absolute Gasteiger partial charge is 0.364 e. The minimum atomic E-state index is -0.366. The van der Waals surface area contributed by atoms with Gasteiger partial charge < -0.3 is 10.3 Å². The van der Waals surface area contributed by atoms with Crippen LogP contribution in [0.2, 0.25) is 0 Å². The van der Waals surface area contributed by atoms with Gasteiger partial charge >= 0.3 is 0 Å². The van der Waals surface area contributed by atoms with Crippen molar-refractivity contribution in [1.82, 2.24) is 4.98 Å². The number of halogens is 1. The Morgan fingerprint density at radius 1 is 1.23 bits per heavy atom. The Hall–Kier alpha value is -2.43. The minimum Gasteiger partial charge on any atom is -0.364 e. The Bertz CT molecular complexity index is 745. The van der Waals surface area contributed by atoms with Gasteiger partial charge in [0.1, 0.15) is 5.82 Å². The molecule has 1 heterocycles. The minimum absolute atomic E-state index is 0.0169. The molecule has 4 nitrogen and oxygen atoms in total. The predicted octanol–water partition coefficient (Wildman–Crippen LogP) is 3.56. The second-order valence-corrected chi connectivity index (χ2v) is 6.46. The van der Waals surface area contributed by atoms with Gasteiger partial charge in [-0.05, 0) is 36.1 Å². The highest BCUT2D eigenvalue weighted by Crippen LogP contribution is 2.35. The Balaban J connectivity index is 1.87. The molecule has 22 heavy (non-hydrogen) atoms. The first-order valence-corrected chi connectivity index (χ1v) is 7.16. The lowest BCUT2D eigenvalue weighted by Gasteiger charge is -2.28. The fourth-order valence-electron chi connectivity index (χ4n) is 2.90. The number of hydrogen-bond acceptors (Lipinski definition) is 2. The molecular formula is C17H17FN2O2. The summed E-state index contributed by atoms with van der Waals surface area (Å²) < 4.78 is 12.9. The van der Waals surface area contributed by atoms with E-state index in [0.717, 1.165) is 12.1 Å². The van der Waals surface area contributed by atoms with Gasteiger partial charge in [0, 0.05) is 24.0 Å². The summed E-state index contributed by atoms with van der Waals surface area (Å²) in [6, 6.07) is 5.51. The van der Waals surface area contributed by atoms with Gasteiger partial charge in [0.2, 0.25) is 0 Å². The van der Waals surface area contributed by atoms with Crippen molar-refractivity contribution < 1.29 is 14.0 Å². The molecule has 0 saturated heterocycles. The molecule has 0 spiro atoms. The molecule has 0 bridgehead atoms. The topological polar surface area (TPSA) is 62.0 Å². The van der Waals surface area contributed by atoms with Gasteiger partial charge in [0.15, 0.2) is 5.78 Å². The van der Waals surface area contributed by atoms with Crippen molar-refractivity contribution in [3.63, 3.8) is 0 Å². The van der Waals surface area contributed by atoms with E-state index in [1.165, 1.54) is 24.3 Å². The summed E-state index contributed by atoms with van der Waals surface area (Å²) in [4.78, 5) is 27.7. The molecule has 0 unspecified atom stereocenters. The first-order chi connectivity index (χ1) is 10.4. The van der Waals surface area contributed by atoms with Crippen molar-refractivity contribution in [3.8, 4) is 0 Å². The highest BCUT2D eigenvalue weighted by Gasteiger charge is 2.35. The van der Waals surface area contributed by atoms with Crippen LogP contribution in [0.25, 0.3) is 0 Å². The highest BCUT2D eigenvalue weighted by atomic mass is 19.1. The van der Waals surface area contributed by atoms with Gasteiger partial charge in [-0.3, -0.25) is 9.59 Å². The fraction of sp³-hybridized carbons (Fsp3) is 0.294. The summed E-state index contributed by atoms with van der Waals surface area (Å²) in [5.41, 5.74) is 2.04. The van der Waals surface area contributed by atoms with Crippen LogP contribution in [0.1, 0.15) is 46.7 Å². The van der Waals surface area contributed by atoms with Gasteiger partial charge in [0.05, 0.1) is 11.1 Å². The number of amides is 1. The summed E-state index contributed by atoms with van der Waals surface area (Å²) >= 11 is 0. The van der Waals surface area contributed by atoms with Crippen LogP contribution in [-0.4, -0.2) is 16.7 Å². The van der Waals surface area contributed by atoms with Crippen molar-refractivity contribution in [2.45, 2.75) is 26.7 Å². The fourth-order valence-corrected chi connectivity index (χ4v) is 2.90. The molecule has 3 rings (SSSR count). The summed E-state index contributed by atoms with van der Waals surface area (Å²) in [6.45, 7) is 4.07. The van der Waals surface area contributed by atoms with Gasteiger partial charge in [-0.25, -0.2) is 4.39 Å². The predicted molar refractivity (Wildman–Crippen MR) is 81.6 cm³/mol. The van der Waals surface area contributed by atoms with E-state index in [-0.39, 0.29) is 22.9 Å². The van der Waals surface area contributed by atoms with E-state index in [1.807, 2.05) is 13.8 Å². The number of aromatic nitrogens is 1. The second-order valence-electron chi connectivity index (χ2n) is 6.46. The summed E-state index contributed by atoms with van der Waals surface area (Å²) in [5.74, 6) is -0.747. The number of H-pyrrole nitrogens is 1. The van der Waals surface area contributed by atoms with Crippen LogP contribution in [0.3, 0.4) is 0 Å². The van der Waals surface area contributed by atoms with Crippen LogP contribution >= 0.6 is 0 Å². The lowest BCUT2D eigenvalue weighted by atomic mass is 9.75. The molecule has 1 amide bonds. The number of carbonyl (C=O) groups excluding carboxylic acids is 2. The molecule has 114 valence electrons. The zero-order valence-corrected chi connectivity index (χ0v) is 12.5. The normalized spacial score (nSPS) is 16.2. The number of Topliss-reactive ketones (excluding diaryl/α,β-unsaturated/α-hetero) is 1. The number of carbonyl (C=O) groups is 2. The Labute approximate surface area is 127 Å². The van der Waals surface area contributed by atoms with E-state index in [9.17, 15) is 14.0 Å². The van der Waals surface area contributed by atoms with E-state index in [1.54, 1.807) is 6.20 Å². The lowest BCUT2D eigenvalue weighted by molar-refractivity contribution is 0.0902. The van der Waals surface area contributed by atoms with Crippen molar-refractivity contribution in [2.24, 2.45) is 5.41 Å². The van der Waals surface area contributed by atoms with E-state index >= 15 is 0 Å². The SMILES string of the molecule is CC1(C)CC(=O)c2c(C(=O)Nc3ccc(F)cc3)c[nH]c2C1. The number of benzene rings is 1. The van der Waals surface area contributed by atoms with Crippen molar-refractivity contribution in [3.05, 3.63) is 53.1 Å². The van der Waals surface area contributed by atoms with E-state index in [2.05, 4.69) is 10.3 Å². The molecule has 0 saturated carbocycles. The molecular weight excluding hydrogens is 283 g/mol. The zero-order chi connectivity index (χ0) is 15.9. The Morgan fingerprint density at radius 3 is 2.59 bits per heavy atom. The van der Waals surface area contributed by atoms with E-state index < -0.39 is 0 Å². The smallest absolute Gasteiger partial charge is 0.257 e. The number of hydrogen-bond donors (Lipinski definition) is 2. The molecule has 0 aliphatic heterocycles. The first kappa shape index (κ1) is 14.5. The molecule has 0 atom stereocenters. The molecule has 2 aromatic rings. The third-order valence-corrected chi connectivity index (χ3v) is 3.88. The van der Waals surface area contributed by atoms with Crippen LogP contribution in [-0.2, 0) is 6.42 Å². The van der Waals surface area contributed by atoms with Crippen LogP contribution in [0.4, 0.5) is 10.1 Å². The summed E-state index contributed by atoms with van der Waals surface area (Å²) in [5, 5.41) is 2.69. The maximum absolute atomic E-state index is 12.9. The van der Waals surface area contributed by atoms with Crippen LogP contribution in [0.5, 0.6) is 0 Å². The molecule has 0 radical (unpaired) electrons. The lowest BCUT2D eigenvalue weighted by Crippen LogP contribution is -2.28. The van der Waals surface area contributed by atoms with Gasteiger partial charge in [-0.15, -0.1) is 0 Å². The first-order valence-electron chi connectivity index (χ1n) is 7.16. The Kier molecular flexibility index (Phi) is 3.35. The van der Waals surface area contributed by atoms with Gasteiger partial charge in [0.25, 0.3) is 5.91 Å². The average molecular weight is 300 g/mol. The van der Waals surface area contributed by atoms with Crippen molar-refractivity contribution in [1.29, 1.82) is 0 Å². The number of ketones is 1. The van der Waals surface area contributed by atoms with Crippen molar-refractivity contribution in [2.75, 3.05) is 5.32 Å². The van der Waals surface area contributed by atoms with Crippen LogP contribution < -0.4 is 5.32 Å². The standard InChI is InChI=1S/C17H17FN2O2/c1-17(2)7-13-15(14(21)8-17)12(9-19-13)16(22)20-11-5-3-10(18)4-6-11/h3-6,9,19H,7-8H2,1-2H3,(H,20,22). The number of nitrogens with one attached hydrogen (secondary N) is 2. The maximum Gasteiger partial charge on any atom is 0.257 e. The quantitative estimate of drug-likeness (QED) is 0.890.